The highest BCUT2D eigenvalue weighted by atomic mass is 19.1. The van der Waals surface area contributed by atoms with Crippen LogP contribution in [0.25, 0.3) is 0 Å². The van der Waals surface area contributed by atoms with Crippen molar-refractivity contribution in [1.29, 1.82) is 0 Å². The van der Waals surface area contributed by atoms with Crippen LogP contribution < -0.4 is 5.32 Å². The molecule has 1 atom stereocenters. The molecule has 7 heteroatoms. The van der Waals surface area contributed by atoms with Crippen molar-refractivity contribution in [2.24, 2.45) is 5.92 Å². The number of nitrogens with zero attached hydrogens (tertiary/aromatic N) is 2. The van der Waals surface area contributed by atoms with Crippen molar-refractivity contribution in [1.82, 2.24) is 15.1 Å². The minimum absolute atomic E-state index is 0.104. The summed E-state index contributed by atoms with van der Waals surface area (Å²) < 4.78 is 26.8. The Bertz CT molecular complexity index is 654. The highest BCUT2D eigenvalue weighted by Crippen LogP contribution is 2.23. The Morgan fingerprint density at radius 2 is 1.92 bits per heavy atom. The molecule has 3 rings (SSSR count). The third-order valence-electron chi connectivity index (χ3n) is 5.22. The molecule has 2 heterocycles. The smallest absolute Gasteiger partial charge is 0.256 e. The number of benzene rings is 1. The van der Waals surface area contributed by atoms with Crippen LogP contribution in [0.3, 0.4) is 0 Å². The summed E-state index contributed by atoms with van der Waals surface area (Å²) in [6, 6.07) is 3.21. The van der Waals surface area contributed by atoms with Crippen molar-refractivity contribution in [2.75, 3.05) is 33.2 Å². The van der Waals surface area contributed by atoms with E-state index in [2.05, 4.69) is 5.32 Å². The molecular weight excluding hydrogens is 328 g/mol. The van der Waals surface area contributed by atoms with E-state index in [1.807, 2.05) is 11.9 Å². The van der Waals surface area contributed by atoms with E-state index >= 15 is 0 Å². The number of nitrogens with one attached hydrogen (secondary N) is 1. The average molecular weight is 351 g/mol. The van der Waals surface area contributed by atoms with Gasteiger partial charge >= 0.3 is 0 Å². The normalized spacial score (nSPS) is 21.4. The maximum Gasteiger partial charge on any atom is 0.256 e. The molecule has 5 nitrogen and oxygen atoms in total. The standard InChI is InChI=1S/C18H23F2N3O2/c1-22(14-4-7-21-11-14)17(24)12-5-8-23(9-6-12)18(25)15-3-2-13(19)10-16(15)20/h2-3,10,12,14,21H,4-9,11H2,1H3. The molecule has 0 radical (unpaired) electrons. The van der Waals surface area contributed by atoms with Crippen LogP contribution in [-0.4, -0.2) is 60.9 Å². The van der Waals surface area contributed by atoms with Gasteiger partial charge in [-0.25, -0.2) is 8.78 Å². The van der Waals surface area contributed by atoms with Gasteiger partial charge in [0.05, 0.1) is 5.56 Å². The molecule has 25 heavy (non-hydrogen) atoms. The highest BCUT2D eigenvalue weighted by Gasteiger charge is 2.33. The summed E-state index contributed by atoms with van der Waals surface area (Å²) in [6.45, 7) is 2.56. The lowest BCUT2D eigenvalue weighted by molar-refractivity contribution is -0.137. The van der Waals surface area contributed by atoms with Gasteiger partial charge in [-0.3, -0.25) is 9.59 Å². The van der Waals surface area contributed by atoms with E-state index in [1.54, 1.807) is 0 Å². The first-order valence-corrected chi connectivity index (χ1v) is 8.69. The first-order chi connectivity index (χ1) is 12.0. The van der Waals surface area contributed by atoms with Gasteiger partial charge in [-0.1, -0.05) is 0 Å². The van der Waals surface area contributed by atoms with Gasteiger partial charge in [-0.2, -0.15) is 0 Å². The minimum Gasteiger partial charge on any atom is -0.341 e. The van der Waals surface area contributed by atoms with Crippen molar-refractivity contribution in [3.63, 3.8) is 0 Å². The zero-order chi connectivity index (χ0) is 18.0. The second kappa shape index (κ2) is 7.47. The number of likely N-dealkylation sites (N-methyl/N-ethyl adjacent to an activating group) is 1. The summed E-state index contributed by atoms with van der Waals surface area (Å²) in [4.78, 5) is 28.4. The number of hydrogen-bond donors (Lipinski definition) is 1. The van der Waals surface area contributed by atoms with E-state index < -0.39 is 17.5 Å². The molecule has 1 aromatic carbocycles. The Morgan fingerprint density at radius 3 is 2.52 bits per heavy atom. The monoisotopic (exact) mass is 351 g/mol. The van der Waals surface area contributed by atoms with Gasteiger partial charge in [0.15, 0.2) is 0 Å². The van der Waals surface area contributed by atoms with E-state index in [9.17, 15) is 18.4 Å². The first kappa shape index (κ1) is 17.8. The molecular formula is C18H23F2N3O2. The van der Waals surface area contributed by atoms with Crippen LogP contribution in [0.2, 0.25) is 0 Å². The van der Waals surface area contributed by atoms with Crippen LogP contribution >= 0.6 is 0 Å². The SMILES string of the molecule is CN(C(=O)C1CCN(C(=O)c2ccc(F)cc2F)CC1)C1CCNC1. The third kappa shape index (κ3) is 3.81. The maximum absolute atomic E-state index is 13.8. The molecule has 0 aliphatic carbocycles. The predicted octanol–water partition coefficient (Wildman–Crippen LogP) is 1.64. The van der Waals surface area contributed by atoms with Gasteiger partial charge < -0.3 is 15.1 Å². The van der Waals surface area contributed by atoms with Crippen LogP contribution in [0.15, 0.2) is 18.2 Å². The molecule has 0 saturated carbocycles. The van der Waals surface area contributed by atoms with E-state index in [-0.39, 0.29) is 23.4 Å². The van der Waals surface area contributed by atoms with Crippen LogP contribution in [0.1, 0.15) is 29.6 Å². The topological polar surface area (TPSA) is 52.7 Å². The fourth-order valence-electron chi connectivity index (χ4n) is 3.60. The quantitative estimate of drug-likeness (QED) is 0.901. The van der Waals surface area contributed by atoms with Crippen molar-refractivity contribution in [3.8, 4) is 0 Å². The number of likely N-dealkylation sites (tertiary alicyclic amines) is 1. The lowest BCUT2D eigenvalue weighted by Crippen LogP contribution is -2.46. The Balaban J connectivity index is 1.57. The molecule has 2 fully saturated rings. The minimum atomic E-state index is -0.850. The summed E-state index contributed by atoms with van der Waals surface area (Å²) in [5.41, 5.74) is -0.125. The number of amides is 2. The molecule has 2 amide bonds. The number of carbonyl (C=O) groups excluding carboxylic acids is 2. The van der Waals surface area contributed by atoms with Crippen molar-refractivity contribution in [3.05, 3.63) is 35.4 Å². The molecule has 0 spiro atoms. The van der Waals surface area contributed by atoms with E-state index in [1.165, 1.54) is 11.0 Å². The Hall–Kier alpha value is -2.02. The van der Waals surface area contributed by atoms with Gasteiger partial charge in [-0.15, -0.1) is 0 Å². The van der Waals surface area contributed by atoms with E-state index in [0.29, 0.717) is 32.0 Å². The summed E-state index contributed by atoms with van der Waals surface area (Å²) in [6.07, 6.45) is 2.10. The molecule has 2 aliphatic rings. The number of halogens is 2. The zero-order valence-electron chi connectivity index (χ0n) is 14.3. The fraction of sp³-hybridized carbons (Fsp3) is 0.556. The number of piperidine rings is 1. The largest absolute Gasteiger partial charge is 0.341 e. The van der Waals surface area contributed by atoms with Crippen LogP contribution in [0.5, 0.6) is 0 Å². The van der Waals surface area contributed by atoms with E-state index in [4.69, 9.17) is 0 Å². The molecule has 136 valence electrons. The van der Waals surface area contributed by atoms with Gasteiger partial charge in [0.2, 0.25) is 5.91 Å². The molecule has 0 aromatic heterocycles. The Morgan fingerprint density at radius 1 is 1.20 bits per heavy atom. The predicted molar refractivity (Wildman–Crippen MR) is 89.0 cm³/mol. The van der Waals surface area contributed by atoms with Gasteiger partial charge in [0, 0.05) is 44.7 Å². The highest BCUT2D eigenvalue weighted by molar-refractivity contribution is 5.94. The summed E-state index contributed by atoms with van der Waals surface area (Å²) >= 11 is 0. The number of rotatable bonds is 3. The first-order valence-electron chi connectivity index (χ1n) is 8.69. The summed E-state index contributed by atoms with van der Waals surface area (Å²) in [5, 5.41) is 3.25. The zero-order valence-corrected chi connectivity index (χ0v) is 14.3. The van der Waals surface area contributed by atoms with Gasteiger partial charge in [-0.05, 0) is 37.9 Å². The second-order valence-corrected chi connectivity index (χ2v) is 6.79. The molecule has 1 unspecified atom stereocenters. The summed E-state index contributed by atoms with van der Waals surface area (Å²) in [7, 11) is 1.84. The van der Waals surface area contributed by atoms with Crippen molar-refractivity contribution >= 4 is 11.8 Å². The number of carbonyl (C=O) groups is 2. The lowest BCUT2D eigenvalue weighted by Gasteiger charge is -2.34. The number of hydrogen-bond acceptors (Lipinski definition) is 3. The molecule has 2 saturated heterocycles. The third-order valence-corrected chi connectivity index (χ3v) is 5.22. The molecule has 0 bridgehead atoms. The second-order valence-electron chi connectivity index (χ2n) is 6.79. The fourth-order valence-corrected chi connectivity index (χ4v) is 3.60. The Labute approximate surface area is 146 Å². The van der Waals surface area contributed by atoms with Gasteiger partial charge in [0.1, 0.15) is 11.6 Å². The van der Waals surface area contributed by atoms with Crippen LogP contribution in [0, 0.1) is 17.6 Å². The lowest BCUT2D eigenvalue weighted by atomic mass is 9.94. The summed E-state index contributed by atoms with van der Waals surface area (Å²) in [5.74, 6) is -1.99. The van der Waals surface area contributed by atoms with Crippen LogP contribution in [-0.2, 0) is 4.79 Å². The van der Waals surface area contributed by atoms with Crippen LogP contribution in [0.4, 0.5) is 8.78 Å². The van der Waals surface area contributed by atoms with E-state index in [0.717, 1.165) is 25.6 Å². The maximum atomic E-state index is 13.8. The van der Waals surface area contributed by atoms with Crippen molar-refractivity contribution in [2.45, 2.75) is 25.3 Å². The Kier molecular flexibility index (Phi) is 5.32. The molecule has 1 N–H and O–H groups in total. The molecule has 1 aromatic rings. The van der Waals surface area contributed by atoms with Crippen molar-refractivity contribution < 1.29 is 18.4 Å². The molecule has 2 aliphatic heterocycles. The average Bonchev–Trinajstić information content (AvgIpc) is 3.15. The van der Waals surface area contributed by atoms with Gasteiger partial charge in [0.25, 0.3) is 5.91 Å².